The zero-order chi connectivity index (χ0) is 19.6. The quantitative estimate of drug-likeness (QED) is 0.616. The molecule has 144 valence electrons. The third-order valence-electron chi connectivity index (χ3n) is 4.76. The van der Waals surface area contributed by atoms with Crippen LogP contribution >= 0.6 is 23.6 Å². The van der Waals surface area contributed by atoms with E-state index in [4.69, 9.17) is 17.0 Å². The molecule has 0 unspecified atom stereocenters. The van der Waals surface area contributed by atoms with Gasteiger partial charge in [0.25, 0.3) is 0 Å². The average Bonchev–Trinajstić information content (AvgIpc) is 3.02. The standard InChI is InChI=1S/C20H25N3O2S2/c1-13-5-7-16(8-6-13)23-10-9-22(12-14(23)2)20(26)21-18-17(19(24)25-4)11-15(3)27-18/h5-8,11,14H,9-10,12H2,1-4H3,(H,21,26)/t14-/m0/s1. The van der Waals surface area contributed by atoms with E-state index in [1.807, 2.05) is 13.0 Å². The minimum absolute atomic E-state index is 0.339. The van der Waals surface area contributed by atoms with Gasteiger partial charge in [-0.15, -0.1) is 11.3 Å². The van der Waals surface area contributed by atoms with Gasteiger partial charge in [-0.1, -0.05) is 17.7 Å². The lowest BCUT2D eigenvalue weighted by molar-refractivity contribution is 0.0602. The summed E-state index contributed by atoms with van der Waals surface area (Å²) in [7, 11) is 1.39. The van der Waals surface area contributed by atoms with Crippen LogP contribution in [0.3, 0.4) is 0 Å². The monoisotopic (exact) mass is 403 g/mol. The summed E-state index contributed by atoms with van der Waals surface area (Å²) >= 11 is 7.14. The number of nitrogens with zero attached hydrogens (tertiary/aromatic N) is 2. The number of thiocarbonyl (C=S) groups is 1. The third kappa shape index (κ3) is 4.42. The zero-order valence-corrected chi connectivity index (χ0v) is 17.7. The van der Waals surface area contributed by atoms with Crippen LogP contribution in [0.15, 0.2) is 30.3 Å². The predicted octanol–water partition coefficient (Wildman–Crippen LogP) is 4.06. The highest BCUT2D eigenvalue weighted by Crippen LogP contribution is 2.29. The maximum Gasteiger partial charge on any atom is 0.340 e. The number of esters is 1. The lowest BCUT2D eigenvalue weighted by Gasteiger charge is -2.42. The Labute approximate surface area is 169 Å². The lowest BCUT2D eigenvalue weighted by Crippen LogP contribution is -2.54. The summed E-state index contributed by atoms with van der Waals surface area (Å²) in [5, 5.41) is 4.65. The summed E-state index contributed by atoms with van der Waals surface area (Å²) in [4.78, 5) is 17.6. The highest BCUT2D eigenvalue weighted by molar-refractivity contribution is 7.80. The molecule has 1 aromatic carbocycles. The zero-order valence-electron chi connectivity index (χ0n) is 16.1. The molecule has 0 spiro atoms. The normalized spacial score (nSPS) is 17.0. The van der Waals surface area contributed by atoms with Crippen molar-refractivity contribution in [2.45, 2.75) is 26.8 Å². The topological polar surface area (TPSA) is 44.8 Å². The van der Waals surface area contributed by atoms with Gasteiger partial charge in [0, 0.05) is 36.2 Å². The van der Waals surface area contributed by atoms with Gasteiger partial charge >= 0.3 is 5.97 Å². The highest BCUT2D eigenvalue weighted by atomic mass is 32.1. The van der Waals surface area contributed by atoms with Crippen molar-refractivity contribution in [2.24, 2.45) is 0 Å². The molecule has 27 heavy (non-hydrogen) atoms. The molecule has 1 fully saturated rings. The predicted molar refractivity (Wildman–Crippen MR) is 116 cm³/mol. The fraction of sp³-hybridized carbons (Fsp3) is 0.400. The fourth-order valence-electron chi connectivity index (χ4n) is 3.31. The molecule has 1 aliphatic heterocycles. The van der Waals surface area contributed by atoms with Crippen LogP contribution in [-0.2, 0) is 4.74 Å². The average molecular weight is 404 g/mol. The number of carbonyl (C=O) groups excluding carboxylic acids is 1. The fourth-order valence-corrected chi connectivity index (χ4v) is 4.54. The van der Waals surface area contributed by atoms with Crippen molar-refractivity contribution in [1.29, 1.82) is 0 Å². The van der Waals surface area contributed by atoms with Crippen LogP contribution in [0.1, 0.15) is 27.7 Å². The molecule has 7 heteroatoms. The molecule has 1 N–H and O–H groups in total. The molecule has 0 radical (unpaired) electrons. The van der Waals surface area contributed by atoms with Crippen LogP contribution < -0.4 is 10.2 Å². The molecule has 1 saturated heterocycles. The molecule has 0 saturated carbocycles. The van der Waals surface area contributed by atoms with E-state index in [-0.39, 0.29) is 5.97 Å². The maximum atomic E-state index is 12.0. The number of nitrogens with one attached hydrogen (secondary N) is 1. The number of anilines is 2. The van der Waals surface area contributed by atoms with E-state index in [2.05, 4.69) is 53.2 Å². The Kier molecular flexibility index (Phi) is 6.01. The summed E-state index contributed by atoms with van der Waals surface area (Å²) in [6.45, 7) is 8.85. The molecular formula is C20H25N3O2S2. The Balaban J connectivity index is 1.66. The smallest absolute Gasteiger partial charge is 0.340 e. The number of aryl methyl sites for hydroxylation is 2. The van der Waals surface area contributed by atoms with Crippen molar-refractivity contribution in [1.82, 2.24) is 4.90 Å². The van der Waals surface area contributed by atoms with Crippen LogP contribution in [0.5, 0.6) is 0 Å². The van der Waals surface area contributed by atoms with Gasteiger partial charge < -0.3 is 19.9 Å². The summed E-state index contributed by atoms with van der Waals surface area (Å²) < 4.78 is 4.87. The SMILES string of the molecule is COC(=O)c1cc(C)sc1NC(=S)N1CCN(c2ccc(C)cc2)[C@@H](C)C1. The third-order valence-corrected chi connectivity index (χ3v) is 6.09. The molecule has 2 heterocycles. The number of benzene rings is 1. The van der Waals surface area contributed by atoms with Crippen molar-refractivity contribution in [2.75, 3.05) is 37.0 Å². The maximum absolute atomic E-state index is 12.0. The minimum Gasteiger partial charge on any atom is -0.465 e. The second-order valence-electron chi connectivity index (χ2n) is 6.85. The molecule has 3 rings (SSSR count). The van der Waals surface area contributed by atoms with Crippen molar-refractivity contribution >= 4 is 45.3 Å². The first-order valence-corrected chi connectivity index (χ1v) is 10.2. The van der Waals surface area contributed by atoms with Gasteiger partial charge in [-0.25, -0.2) is 4.79 Å². The molecule has 1 aliphatic rings. The first kappa shape index (κ1) is 19.6. The van der Waals surface area contributed by atoms with Gasteiger partial charge in [0.15, 0.2) is 5.11 Å². The summed E-state index contributed by atoms with van der Waals surface area (Å²) in [6, 6.07) is 10.8. The van der Waals surface area contributed by atoms with E-state index < -0.39 is 0 Å². The van der Waals surface area contributed by atoms with Crippen molar-refractivity contribution in [3.05, 3.63) is 46.3 Å². The van der Waals surface area contributed by atoms with Gasteiger partial charge in [0.05, 0.1) is 12.7 Å². The number of carbonyl (C=O) groups is 1. The molecule has 1 aromatic heterocycles. The van der Waals surface area contributed by atoms with Gasteiger partial charge in [-0.3, -0.25) is 0 Å². The Morgan fingerprint density at radius 3 is 2.59 bits per heavy atom. The number of hydrogen-bond donors (Lipinski definition) is 1. The van der Waals surface area contributed by atoms with Crippen LogP contribution in [-0.4, -0.2) is 48.8 Å². The van der Waals surface area contributed by atoms with Crippen LogP contribution in [0.25, 0.3) is 0 Å². The van der Waals surface area contributed by atoms with Crippen LogP contribution in [0, 0.1) is 13.8 Å². The van der Waals surface area contributed by atoms with Gasteiger partial charge in [0.2, 0.25) is 0 Å². The second kappa shape index (κ2) is 8.27. The van der Waals surface area contributed by atoms with E-state index in [1.165, 1.54) is 29.7 Å². The molecule has 2 aromatic rings. The first-order valence-electron chi connectivity index (χ1n) is 8.97. The minimum atomic E-state index is -0.345. The number of ether oxygens (including phenoxy) is 1. The van der Waals surface area contributed by atoms with Crippen LogP contribution in [0.2, 0.25) is 0 Å². The van der Waals surface area contributed by atoms with E-state index in [0.717, 1.165) is 29.5 Å². The summed E-state index contributed by atoms with van der Waals surface area (Å²) in [6.07, 6.45) is 0. The van der Waals surface area contributed by atoms with E-state index in [0.29, 0.717) is 16.7 Å². The van der Waals surface area contributed by atoms with E-state index >= 15 is 0 Å². The van der Waals surface area contributed by atoms with Gasteiger partial charge in [-0.2, -0.15) is 0 Å². The molecule has 0 aliphatic carbocycles. The summed E-state index contributed by atoms with van der Waals surface area (Å²) in [5.41, 5.74) is 3.05. The first-order chi connectivity index (χ1) is 12.9. The molecule has 1 atom stereocenters. The van der Waals surface area contributed by atoms with Crippen molar-refractivity contribution in [3.63, 3.8) is 0 Å². The van der Waals surface area contributed by atoms with Crippen molar-refractivity contribution in [3.8, 4) is 0 Å². The molecule has 5 nitrogen and oxygen atoms in total. The molecular weight excluding hydrogens is 378 g/mol. The van der Waals surface area contributed by atoms with E-state index in [9.17, 15) is 4.79 Å². The Morgan fingerprint density at radius 1 is 1.26 bits per heavy atom. The summed E-state index contributed by atoms with van der Waals surface area (Å²) in [5.74, 6) is -0.345. The van der Waals surface area contributed by atoms with Gasteiger partial charge in [-0.05, 0) is 51.2 Å². The Hall–Kier alpha value is -2.12. The number of hydrogen-bond acceptors (Lipinski definition) is 5. The Morgan fingerprint density at radius 2 is 1.96 bits per heavy atom. The number of rotatable bonds is 3. The number of methoxy groups -OCH3 is 1. The van der Waals surface area contributed by atoms with Crippen LogP contribution in [0.4, 0.5) is 10.7 Å². The Bertz CT molecular complexity index is 832. The van der Waals surface area contributed by atoms with E-state index in [1.54, 1.807) is 0 Å². The lowest BCUT2D eigenvalue weighted by atomic mass is 10.1. The van der Waals surface area contributed by atoms with Gasteiger partial charge in [0.1, 0.15) is 5.00 Å². The molecule has 0 amide bonds. The number of piperazine rings is 1. The highest BCUT2D eigenvalue weighted by Gasteiger charge is 2.26. The largest absolute Gasteiger partial charge is 0.465 e. The second-order valence-corrected chi connectivity index (χ2v) is 8.49. The number of thiophene rings is 1. The van der Waals surface area contributed by atoms with Crippen molar-refractivity contribution < 1.29 is 9.53 Å². The molecule has 0 bridgehead atoms.